The number of aromatic nitrogens is 2. The average molecular weight is 280 g/mol. The third-order valence-corrected chi connectivity index (χ3v) is 3.58. The third kappa shape index (κ3) is 2.67. The molecule has 0 spiro atoms. The molecule has 7 heteroatoms. The van der Waals surface area contributed by atoms with Gasteiger partial charge in [-0.3, -0.25) is 4.79 Å². The van der Waals surface area contributed by atoms with Crippen molar-refractivity contribution in [2.45, 2.75) is 6.42 Å². The first-order chi connectivity index (χ1) is 9.48. The maximum atomic E-state index is 11.5. The molecule has 2 rings (SSSR count). The molecule has 2 heterocycles. The van der Waals surface area contributed by atoms with Crippen LogP contribution in [0.2, 0.25) is 0 Å². The van der Waals surface area contributed by atoms with Crippen LogP contribution in [-0.4, -0.2) is 61.9 Å². The molecule has 1 aliphatic heterocycles. The van der Waals surface area contributed by atoms with Crippen LogP contribution in [0.5, 0.6) is 0 Å². The maximum absolute atomic E-state index is 11.5. The van der Waals surface area contributed by atoms with Gasteiger partial charge in [-0.15, -0.1) is 0 Å². The Bertz CT molecular complexity index is 494. The van der Waals surface area contributed by atoms with Crippen LogP contribution in [0.4, 0.5) is 11.8 Å². The van der Waals surface area contributed by atoms with E-state index in [9.17, 15) is 9.90 Å². The molecular formula is C13H20N4O3. The molecule has 1 saturated heterocycles. The van der Waals surface area contributed by atoms with E-state index in [4.69, 9.17) is 4.74 Å². The van der Waals surface area contributed by atoms with Gasteiger partial charge in [0.25, 0.3) is 0 Å². The molecule has 1 unspecified atom stereocenters. The zero-order valence-corrected chi connectivity index (χ0v) is 12.0. The molecular weight excluding hydrogens is 260 g/mol. The van der Waals surface area contributed by atoms with Crippen LogP contribution < -0.4 is 9.80 Å². The molecule has 1 N–H and O–H groups in total. The molecule has 0 aromatic carbocycles. The van der Waals surface area contributed by atoms with Gasteiger partial charge in [-0.25, -0.2) is 4.98 Å². The number of carboxylic acids is 1. The third-order valence-electron chi connectivity index (χ3n) is 3.58. The van der Waals surface area contributed by atoms with E-state index in [-0.39, 0.29) is 6.61 Å². The number of methoxy groups -OCH3 is 1. The van der Waals surface area contributed by atoms with Crippen LogP contribution in [0.3, 0.4) is 0 Å². The Hall–Kier alpha value is -1.89. The number of ether oxygens (including phenoxy) is 1. The lowest BCUT2D eigenvalue weighted by Crippen LogP contribution is -2.38. The van der Waals surface area contributed by atoms with E-state index in [0.717, 1.165) is 5.82 Å². The zero-order valence-electron chi connectivity index (χ0n) is 12.0. The van der Waals surface area contributed by atoms with Gasteiger partial charge in [-0.2, -0.15) is 4.98 Å². The number of carbonyl (C=O) groups is 1. The van der Waals surface area contributed by atoms with E-state index in [1.807, 2.05) is 23.9 Å². The summed E-state index contributed by atoms with van der Waals surface area (Å²) in [6.45, 7) is 1.27. The van der Waals surface area contributed by atoms with Crippen LogP contribution in [0.15, 0.2) is 12.3 Å². The predicted molar refractivity (Wildman–Crippen MR) is 75.1 cm³/mol. The van der Waals surface area contributed by atoms with Crippen molar-refractivity contribution in [1.29, 1.82) is 0 Å². The van der Waals surface area contributed by atoms with Crippen LogP contribution >= 0.6 is 0 Å². The van der Waals surface area contributed by atoms with Crippen molar-refractivity contribution in [3.05, 3.63) is 12.3 Å². The Morgan fingerprint density at radius 3 is 2.95 bits per heavy atom. The monoisotopic (exact) mass is 280 g/mol. The van der Waals surface area contributed by atoms with Crippen molar-refractivity contribution >= 4 is 17.7 Å². The molecule has 20 heavy (non-hydrogen) atoms. The smallest absolute Gasteiger partial charge is 0.313 e. The van der Waals surface area contributed by atoms with Gasteiger partial charge in [-0.1, -0.05) is 0 Å². The predicted octanol–water partition coefficient (Wildman–Crippen LogP) is 0.470. The van der Waals surface area contributed by atoms with Gasteiger partial charge in [-0.05, 0) is 12.5 Å². The van der Waals surface area contributed by atoms with E-state index in [0.29, 0.717) is 25.5 Å². The fourth-order valence-corrected chi connectivity index (χ4v) is 2.43. The molecule has 0 saturated carbocycles. The van der Waals surface area contributed by atoms with Crippen molar-refractivity contribution < 1.29 is 14.6 Å². The minimum Gasteiger partial charge on any atom is -0.481 e. The summed E-state index contributed by atoms with van der Waals surface area (Å²) in [5.74, 6) is 0.550. The number of aliphatic carboxylic acids is 1. The van der Waals surface area contributed by atoms with Gasteiger partial charge >= 0.3 is 5.97 Å². The second kappa shape index (κ2) is 5.62. The highest BCUT2D eigenvalue weighted by Crippen LogP contribution is 2.33. The Balaban J connectivity index is 2.20. The summed E-state index contributed by atoms with van der Waals surface area (Å²) in [5.41, 5.74) is -0.849. The summed E-state index contributed by atoms with van der Waals surface area (Å²) in [6.07, 6.45) is 2.24. The van der Waals surface area contributed by atoms with Gasteiger partial charge in [0.2, 0.25) is 5.95 Å². The first-order valence-corrected chi connectivity index (χ1v) is 6.46. The molecule has 0 amide bonds. The second-order valence-corrected chi connectivity index (χ2v) is 5.30. The number of rotatable bonds is 5. The first-order valence-electron chi connectivity index (χ1n) is 6.46. The molecule has 1 atom stereocenters. The van der Waals surface area contributed by atoms with Crippen molar-refractivity contribution in [3.63, 3.8) is 0 Å². The molecule has 110 valence electrons. The second-order valence-electron chi connectivity index (χ2n) is 5.30. The molecule has 1 aliphatic rings. The van der Waals surface area contributed by atoms with Gasteiger partial charge in [0.15, 0.2) is 0 Å². The van der Waals surface area contributed by atoms with Crippen LogP contribution in [0.1, 0.15) is 6.42 Å². The summed E-state index contributed by atoms with van der Waals surface area (Å²) in [4.78, 5) is 23.9. The van der Waals surface area contributed by atoms with Crippen LogP contribution in [-0.2, 0) is 9.53 Å². The van der Waals surface area contributed by atoms with Crippen LogP contribution in [0, 0.1) is 5.41 Å². The average Bonchev–Trinajstić information content (AvgIpc) is 2.85. The number of nitrogens with zero attached hydrogens (tertiary/aromatic N) is 4. The Kier molecular flexibility index (Phi) is 4.08. The normalized spacial score (nSPS) is 22.1. The lowest BCUT2D eigenvalue weighted by atomic mass is 9.88. The number of hydrogen-bond acceptors (Lipinski definition) is 6. The highest BCUT2D eigenvalue weighted by atomic mass is 16.5. The van der Waals surface area contributed by atoms with Gasteiger partial charge in [0.05, 0.1) is 6.61 Å². The standard InChI is InChI=1S/C13H20N4O3/c1-16(2)12-14-6-4-10(15-12)17-7-5-13(8-17,9-20-3)11(18)19/h4,6H,5,7-9H2,1-3H3,(H,18,19). The SMILES string of the molecule is COCC1(C(=O)O)CCN(c2ccnc(N(C)C)n2)C1. The van der Waals surface area contributed by atoms with E-state index < -0.39 is 11.4 Å². The topological polar surface area (TPSA) is 78.8 Å². The van der Waals surface area contributed by atoms with Crippen molar-refractivity contribution in [2.75, 3.05) is 50.7 Å². The Labute approximate surface area is 118 Å². The van der Waals surface area contributed by atoms with Crippen LogP contribution in [0.25, 0.3) is 0 Å². The summed E-state index contributed by atoms with van der Waals surface area (Å²) in [5, 5.41) is 9.45. The highest BCUT2D eigenvalue weighted by molar-refractivity contribution is 5.77. The van der Waals surface area contributed by atoms with Gasteiger partial charge < -0.3 is 19.6 Å². The highest BCUT2D eigenvalue weighted by Gasteiger charge is 2.45. The fourth-order valence-electron chi connectivity index (χ4n) is 2.43. The van der Waals surface area contributed by atoms with E-state index in [1.54, 1.807) is 12.3 Å². The summed E-state index contributed by atoms with van der Waals surface area (Å²) in [7, 11) is 5.27. The van der Waals surface area contributed by atoms with Crippen molar-refractivity contribution in [2.24, 2.45) is 5.41 Å². The summed E-state index contributed by atoms with van der Waals surface area (Å²) < 4.78 is 5.09. The van der Waals surface area contributed by atoms with Crippen molar-refractivity contribution in [1.82, 2.24) is 9.97 Å². The summed E-state index contributed by atoms with van der Waals surface area (Å²) >= 11 is 0. The number of carboxylic acid groups (broad SMARTS) is 1. The van der Waals surface area contributed by atoms with E-state index in [1.165, 1.54) is 7.11 Å². The minimum absolute atomic E-state index is 0.213. The van der Waals surface area contributed by atoms with Crippen molar-refractivity contribution in [3.8, 4) is 0 Å². The number of anilines is 2. The molecule has 0 bridgehead atoms. The minimum atomic E-state index is -0.849. The van der Waals surface area contributed by atoms with E-state index >= 15 is 0 Å². The lowest BCUT2D eigenvalue weighted by Gasteiger charge is -2.24. The summed E-state index contributed by atoms with van der Waals surface area (Å²) in [6, 6.07) is 1.80. The molecule has 0 radical (unpaired) electrons. The first kappa shape index (κ1) is 14.5. The quantitative estimate of drug-likeness (QED) is 0.840. The van der Waals surface area contributed by atoms with Gasteiger partial charge in [0, 0.05) is 40.5 Å². The molecule has 7 nitrogen and oxygen atoms in total. The Morgan fingerprint density at radius 2 is 2.35 bits per heavy atom. The van der Waals surface area contributed by atoms with E-state index in [2.05, 4.69) is 9.97 Å². The molecule has 1 aromatic rings. The number of hydrogen-bond donors (Lipinski definition) is 1. The molecule has 1 fully saturated rings. The largest absolute Gasteiger partial charge is 0.481 e. The zero-order chi connectivity index (χ0) is 14.8. The molecule has 0 aliphatic carbocycles. The van der Waals surface area contributed by atoms with Gasteiger partial charge in [0.1, 0.15) is 11.2 Å². The fraction of sp³-hybridized carbons (Fsp3) is 0.615. The maximum Gasteiger partial charge on any atom is 0.313 e. The lowest BCUT2D eigenvalue weighted by molar-refractivity contribution is -0.150. The Morgan fingerprint density at radius 1 is 1.60 bits per heavy atom. The molecule has 1 aromatic heterocycles.